The molecular formula is C3H15Al2NaO7S. The third-order valence-electron chi connectivity index (χ3n) is 0.357. The maximum Gasteiger partial charge on any atom is 1.00 e. The minimum atomic E-state index is -4.67. The van der Waals surface area contributed by atoms with Crippen molar-refractivity contribution in [1.82, 2.24) is 0 Å². The molecule has 0 rings (SSSR count). The molecule has 0 heterocycles. The predicted molar refractivity (Wildman–Crippen MR) is 54.5 cm³/mol. The molecule has 0 saturated carbocycles. The van der Waals surface area contributed by atoms with E-state index in [1.807, 2.05) is 0 Å². The normalized spacial score (nSPS) is 10.0. The van der Waals surface area contributed by atoms with E-state index in [2.05, 4.69) is 0 Å². The minimum Gasteiger partial charge on any atom is -1.00 e. The Morgan fingerprint density at radius 2 is 1.36 bits per heavy atom. The van der Waals surface area contributed by atoms with Crippen LogP contribution >= 0.6 is 0 Å². The fourth-order valence-electron chi connectivity index (χ4n) is 0. The van der Waals surface area contributed by atoms with Gasteiger partial charge in [0.15, 0.2) is 34.7 Å². The van der Waals surface area contributed by atoms with Crippen LogP contribution in [0.25, 0.3) is 0 Å². The Hall–Kier alpha value is 1.36. The third-order valence-corrected chi connectivity index (χ3v) is 0.357. The van der Waals surface area contributed by atoms with Gasteiger partial charge < -0.3 is 11.6 Å². The number of aliphatic carboxylic acids is 1. The number of carboxylic acid groups (broad SMARTS) is 1. The first-order valence-corrected chi connectivity index (χ1v) is 3.65. The Morgan fingerprint density at radius 3 is 1.36 bits per heavy atom. The average Bonchev–Trinajstić information content (AvgIpc) is 1.59. The number of aliphatic hydroxyl groups is 1. The van der Waals surface area contributed by atoms with Gasteiger partial charge in [0.25, 0.3) is 0 Å². The van der Waals surface area contributed by atoms with Gasteiger partial charge in [-0.25, -0.2) is 4.79 Å². The van der Waals surface area contributed by atoms with Crippen LogP contribution in [0, 0.1) is 0 Å². The van der Waals surface area contributed by atoms with Crippen molar-refractivity contribution in [3.63, 3.8) is 0 Å². The van der Waals surface area contributed by atoms with E-state index in [4.69, 9.17) is 27.7 Å². The zero-order valence-electron chi connectivity index (χ0n) is 7.50. The summed E-state index contributed by atoms with van der Waals surface area (Å²) in [6.45, 7) is 1.20. The zero-order chi connectivity index (χ0) is 9.65. The molecule has 0 aliphatic heterocycles. The minimum absolute atomic E-state index is 0. The Kier molecular flexibility index (Phi) is 30.3. The summed E-state index contributed by atoms with van der Waals surface area (Å²) in [5.74, 6) is -1.19. The monoisotopic (exact) mass is 272 g/mol. The van der Waals surface area contributed by atoms with Crippen molar-refractivity contribution in [1.29, 1.82) is 0 Å². The van der Waals surface area contributed by atoms with E-state index in [0.717, 1.165) is 0 Å². The summed E-state index contributed by atoms with van der Waals surface area (Å²) in [5, 5.41) is 15.8. The number of carbonyl (C=O) groups is 1. The van der Waals surface area contributed by atoms with Crippen LogP contribution in [0.2, 0.25) is 0 Å². The third kappa shape index (κ3) is 71.0. The molecule has 0 aromatic heterocycles. The Labute approximate surface area is 127 Å². The molecule has 1 unspecified atom stereocenters. The number of aliphatic hydroxyl groups excluding tert-OH is 1. The summed E-state index contributed by atoms with van der Waals surface area (Å²) in [6.07, 6.45) is -1.23. The van der Waals surface area contributed by atoms with Gasteiger partial charge in [-0.2, -0.15) is 8.42 Å². The van der Waals surface area contributed by atoms with Crippen molar-refractivity contribution in [3.8, 4) is 0 Å². The molecule has 11 heteroatoms. The summed E-state index contributed by atoms with van der Waals surface area (Å²) in [5.41, 5.74) is 0. The molecule has 0 fully saturated rings. The molecule has 0 amide bonds. The number of rotatable bonds is 1. The zero-order valence-corrected chi connectivity index (χ0v) is 9.32. The summed E-state index contributed by atoms with van der Waals surface area (Å²) >= 11 is 0. The average molecular weight is 272 g/mol. The standard InChI is InChI=1S/C3H6O3.2Al.Na.H2O4S.7H/c1-2(4)3(5)6;;;;1-5(2,3)4;;;;;;;/h2,4H,1H3,(H,5,6);;;;(H2,1,2,3,4);;;;;;;/q;;;+1;;;;;;;;-1. The van der Waals surface area contributed by atoms with Crippen LogP contribution in [0.1, 0.15) is 8.35 Å². The van der Waals surface area contributed by atoms with Crippen molar-refractivity contribution in [2.24, 2.45) is 0 Å². The van der Waals surface area contributed by atoms with Crippen molar-refractivity contribution in [2.75, 3.05) is 0 Å². The second-order valence-corrected chi connectivity index (χ2v) is 2.36. The molecule has 14 heavy (non-hydrogen) atoms. The summed E-state index contributed by atoms with van der Waals surface area (Å²) in [6, 6.07) is 0. The molecule has 0 aromatic rings. The molecule has 82 valence electrons. The van der Waals surface area contributed by atoms with Gasteiger partial charge in [-0.1, -0.05) is 0 Å². The molecule has 0 aliphatic carbocycles. The summed E-state index contributed by atoms with van der Waals surface area (Å²) < 4.78 is 31.6. The van der Waals surface area contributed by atoms with E-state index in [1.54, 1.807) is 0 Å². The van der Waals surface area contributed by atoms with Gasteiger partial charge in [-0.05, 0) is 6.92 Å². The van der Waals surface area contributed by atoms with Gasteiger partial charge >= 0.3 is 45.9 Å². The van der Waals surface area contributed by atoms with Crippen molar-refractivity contribution in [2.45, 2.75) is 13.0 Å². The first-order valence-electron chi connectivity index (χ1n) is 2.25. The Morgan fingerprint density at radius 1 is 1.29 bits per heavy atom. The van der Waals surface area contributed by atoms with E-state index in [9.17, 15) is 4.79 Å². The molecule has 0 radical (unpaired) electrons. The van der Waals surface area contributed by atoms with Gasteiger partial charge in [0, 0.05) is 0 Å². The maximum absolute atomic E-state index is 9.45. The number of hydrogen-bond donors (Lipinski definition) is 4. The van der Waals surface area contributed by atoms with Gasteiger partial charge in [0.05, 0.1) is 0 Å². The van der Waals surface area contributed by atoms with Crippen LogP contribution in [-0.4, -0.2) is 74.5 Å². The quantitative estimate of drug-likeness (QED) is 0.275. The van der Waals surface area contributed by atoms with Gasteiger partial charge in [0.1, 0.15) is 6.10 Å². The number of hydrogen-bond acceptors (Lipinski definition) is 4. The second kappa shape index (κ2) is 14.4. The Balaban J connectivity index is -0.0000000215. The van der Waals surface area contributed by atoms with Crippen molar-refractivity contribution in [3.05, 3.63) is 0 Å². The molecule has 0 aromatic carbocycles. The van der Waals surface area contributed by atoms with Crippen LogP contribution in [0.4, 0.5) is 0 Å². The van der Waals surface area contributed by atoms with Gasteiger partial charge in [-0.3, -0.25) is 9.11 Å². The first kappa shape index (κ1) is 29.5. The fraction of sp³-hybridized carbons (Fsp3) is 0.667. The topological polar surface area (TPSA) is 132 Å². The smallest absolute Gasteiger partial charge is 1.00 e. The Bertz CT molecular complexity index is 212. The maximum atomic E-state index is 9.45. The number of carboxylic acids is 1. The molecule has 0 spiro atoms. The van der Waals surface area contributed by atoms with Gasteiger partial charge in [0.2, 0.25) is 0 Å². The molecular weight excluding hydrogens is 257 g/mol. The van der Waals surface area contributed by atoms with E-state index in [0.29, 0.717) is 0 Å². The van der Waals surface area contributed by atoms with E-state index >= 15 is 0 Å². The molecule has 7 nitrogen and oxygen atoms in total. The molecule has 1 atom stereocenters. The van der Waals surface area contributed by atoms with E-state index in [-0.39, 0.29) is 65.7 Å². The van der Waals surface area contributed by atoms with Crippen LogP contribution < -0.4 is 29.6 Å². The van der Waals surface area contributed by atoms with Crippen molar-refractivity contribution >= 4 is 51.1 Å². The van der Waals surface area contributed by atoms with Crippen LogP contribution in [0.3, 0.4) is 0 Å². The molecule has 0 bridgehead atoms. The molecule has 4 N–H and O–H groups in total. The largest absolute Gasteiger partial charge is 1.00 e. The molecule has 0 aliphatic rings. The van der Waals surface area contributed by atoms with Crippen LogP contribution in [0.15, 0.2) is 0 Å². The van der Waals surface area contributed by atoms with E-state index < -0.39 is 22.5 Å². The predicted octanol–water partition coefficient (Wildman–Crippen LogP) is -6.45. The van der Waals surface area contributed by atoms with Crippen LogP contribution in [0.5, 0.6) is 0 Å². The summed E-state index contributed by atoms with van der Waals surface area (Å²) in [7, 11) is -4.67. The summed E-state index contributed by atoms with van der Waals surface area (Å²) in [4.78, 5) is 9.45. The van der Waals surface area contributed by atoms with E-state index in [1.165, 1.54) is 6.92 Å². The van der Waals surface area contributed by atoms with Gasteiger partial charge in [-0.15, -0.1) is 0 Å². The fourth-order valence-corrected chi connectivity index (χ4v) is 0. The first-order chi connectivity index (χ1) is 4.64. The SMILES string of the molecule is CC(O)C(=O)O.O=S(=O)(O)O.[AlH3].[AlH3].[H-].[Na+]. The van der Waals surface area contributed by atoms with Crippen LogP contribution in [-0.2, 0) is 15.2 Å². The second-order valence-electron chi connectivity index (χ2n) is 1.46. The molecule has 0 saturated heterocycles. The van der Waals surface area contributed by atoms with Crippen molar-refractivity contribution < 1.29 is 63.5 Å².